The van der Waals surface area contributed by atoms with E-state index in [0.29, 0.717) is 30.4 Å². The highest BCUT2D eigenvalue weighted by Gasteiger charge is 2.52. The molecule has 0 bridgehead atoms. The molecule has 6 heteroatoms. The van der Waals surface area contributed by atoms with Gasteiger partial charge in [-0.2, -0.15) is 0 Å². The molecule has 0 radical (unpaired) electrons. The van der Waals surface area contributed by atoms with Crippen molar-refractivity contribution < 1.29 is 19.1 Å². The van der Waals surface area contributed by atoms with E-state index in [-0.39, 0.29) is 23.1 Å². The zero-order valence-corrected chi connectivity index (χ0v) is 15.0. The number of hydrogen-bond acceptors (Lipinski definition) is 5. The number of carbonyl (C=O) groups excluding carboxylic acids is 1. The maximum absolute atomic E-state index is 13.1. The van der Waals surface area contributed by atoms with Gasteiger partial charge in [0.05, 0.1) is 23.1 Å². The van der Waals surface area contributed by atoms with Crippen molar-refractivity contribution in [2.45, 2.75) is 50.4 Å². The Bertz CT molecular complexity index is 920. The third-order valence-electron chi connectivity index (χ3n) is 5.92. The van der Waals surface area contributed by atoms with Crippen molar-refractivity contribution in [1.82, 2.24) is 4.90 Å². The van der Waals surface area contributed by atoms with Crippen LogP contribution in [0.3, 0.4) is 0 Å². The Morgan fingerprint density at radius 1 is 1.35 bits per heavy atom. The molecule has 1 N–H and O–H groups in total. The van der Waals surface area contributed by atoms with Gasteiger partial charge in [0.2, 0.25) is 0 Å². The van der Waals surface area contributed by atoms with Crippen molar-refractivity contribution in [3.8, 4) is 0 Å². The molecule has 1 saturated heterocycles. The van der Waals surface area contributed by atoms with Gasteiger partial charge in [0.1, 0.15) is 5.58 Å². The minimum atomic E-state index is -0.442. The van der Waals surface area contributed by atoms with E-state index in [1.165, 1.54) is 6.07 Å². The summed E-state index contributed by atoms with van der Waals surface area (Å²) in [6, 6.07) is 6.39. The fourth-order valence-electron chi connectivity index (χ4n) is 4.43. The third kappa shape index (κ3) is 2.64. The molecule has 6 nitrogen and oxygen atoms in total. The van der Waals surface area contributed by atoms with Crippen LogP contribution in [0.4, 0.5) is 0 Å². The average molecular weight is 357 g/mol. The van der Waals surface area contributed by atoms with Gasteiger partial charge in [-0.15, -0.1) is 0 Å². The molecule has 138 valence electrons. The second kappa shape index (κ2) is 6.21. The summed E-state index contributed by atoms with van der Waals surface area (Å²) < 4.78 is 11.6. The van der Waals surface area contributed by atoms with Crippen LogP contribution in [-0.4, -0.2) is 47.3 Å². The first-order valence-electron chi connectivity index (χ1n) is 9.02. The van der Waals surface area contributed by atoms with Gasteiger partial charge in [-0.1, -0.05) is 6.07 Å². The third-order valence-corrected chi connectivity index (χ3v) is 5.92. The Hall–Kier alpha value is -2.18. The quantitative estimate of drug-likeness (QED) is 0.892. The number of hydrogen-bond donors (Lipinski definition) is 1. The summed E-state index contributed by atoms with van der Waals surface area (Å²) in [5.74, 6) is -0.274. The van der Waals surface area contributed by atoms with Gasteiger partial charge in [-0.25, -0.2) is 0 Å². The van der Waals surface area contributed by atoms with E-state index >= 15 is 0 Å². The molecule has 1 amide bonds. The summed E-state index contributed by atoms with van der Waals surface area (Å²) in [5, 5.41) is 10.6. The predicted molar refractivity (Wildman–Crippen MR) is 96.3 cm³/mol. The number of aryl methyl sites for hydroxylation is 1. The number of carbonyl (C=O) groups is 1. The first-order valence-corrected chi connectivity index (χ1v) is 9.02. The lowest BCUT2D eigenvalue weighted by Gasteiger charge is -2.42. The molecule has 2 fully saturated rings. The second-order valence-electron chi connectivity index (χ2n) is 7.44. The van der Waals surface area contributed by atoms with Crippen LogP contribution in [0.15, 0.2) is 33.5 Å². The Kier molecular flexibility index (Phi) is 4.12. The van der Waals surface area contributed by atoms with Gasteiger partial charge in [-0.3, -0.25) is 9.59 Å². The molecular weight excluding hydrogens is 334 g/mol. The smallest absolute Gasteiger partial charge is 0.290 e. The Balaban J connectivity index is 1.71. The van der Waals surface area contributed by atoms with Gasteiger partial charge >= 0.3 is 0 Å². The van der Waals surface area contributed by atoms with Crippen molar-refractivity contribution >= 4 is 16.9 Å². The first kappa shape index (κ1) is 17.2. The molecule has 3 atom stereocenters. The van der Waals surface area contributed by atoms with Gasteiger partial charge in [0, 0.05) is 19.7 Å². The van der Waals surface area contributed by atoms with Crippen molar-refractivity contribution in [2.24, 2.45) is 0 Å². The average Bonchev–Trinajstić information content (AvgIpc) is 2.99. The Morgan fingerprint density at radius 3 is 2.92 bits per heavy atom. The van der Waals surface area contributed by atoms with Crippen LogP contribution >= 0.6 is 0 Å². The maximum atomic E-state index is 13.1. The van der Waals surface area contributed by atoms with Crippen molar-refractivity contribution in [3.05, 3.63) is 45.8 Å². The molecule has 1 aliphatic carbocycles. The monoisotopic (exact) mass is 357 g/mol. The molecular formula is C20H23NO5. The van der Waals surface area contributed by atoms with Crippen LogP contribution in [0, 0.1) is 6.92 Å². The molecule has 26 heavy (non-hydrogen) atoms. The molecule has 2 aliphatic rings. The molecule has 1 aromatic carbocycles. The minimum absolute atomic E-state index is 0.0417. The summed E-state index contributed by atoms with van der Waals surface area (Å²) in [5.41, 5.74) is 0.736. The maximum Gasteiger partial charge on any atom is 0.290 e. The number of methoxy groups -OCH3 is 1. The lowest BCUT2D eigenvalue weighted by molar-refractivity contribution is -0.0826. The summed E-state index contributed by atoms with van der Waals surface area (Å²) in [6.45, 7) is 2.43. The van der Waals surface area contributed by atoms with Crippen molar-refractivity contribution in [3.63, 3.8) is 0 Å². The second-order valence-corrected chi connectivity index (χ2v) is 7.44. The molecule has 2 heterocycles. The zero-order chi connectivity index (χ0) is 18.5. The minimum Gasteiger partial charge on any atom is -0.451 e. The van der Waals surface area contributed by atoms with Crippen molar-refractivity contribution in [2.75, 3.05) is 13.7 Å². The standard InChI is InChI=1S/C20H23NO5/c1-12-3-4-14-15(23)11-17(26-16(14)9-12)19(24)21-8-7-20(25-2)6-5-13(22)10-18(20)21/h3-4,9,11,13,18,22H,5-8,10H2,1-2H3/t13-,18+,20-/m1/s1. The van der Waals surface area contributed by atoms with Gasteiger partial charge in [0.25, 0.3) is 5.91 Å². The van der Waals surface area contributed by atoms with Crippen molar-refractivity contribution in [1.29, 1.82) is 0 Å². The summed E-state index contributed by atoms with van der Waals surface area (Å²) in [7, 11) is 1.66. The summed E-state index contributed by atoms with van der Waals surface area (Å²) in [4.78, 5) is 27.2. The molecule has 4 rings (SSSR count). The number of benzene rings is 1. The number of aliphatic hydroxyl groups excluding tert-OH is 1. The van der Waals surface area contributed by atoms with E-state index in [1.54, 1.807) is 24.1 Å². The first-order chi connectivity index (χ1) is 12.4. The number of nitrogens with zero attached hydrogens (tertiary/aromatic N) is 1. The number of likely N-dealkylation sites (tertiary alicyclic amines) is 1. The van der Waals surface area contributed by atoms with Crippen LogP contribution in [0.5, 0.6) is 0 Å². The lowest BCUT2D eigenvalue weighted by atomic mass is 9.79. The van der Waals surface area contributed by atoms with E-state index in [9.17, 15) is 14.7 Å². The molecule has 1 aliphatic heterocycles. The molecule has 0 unspecified atom stereocenters. The highest BCUT2D eigenvalue weighted by atomic mass is 16.5. The summed E-state index contributed by atoms with van der Waals surface area (Å²) >= 11 is 0. The fraction of sp³-hybridized carbons (Fsp3) is 0.500. The lowest BCUT2D eigenvalue weighted by Crippen LogP contribution is -2.52. The molecule has 1 saturated carbocycles. The van der Waals surface area contributed by atoms with Gasteiger partial charge in [0.15, 0.2) is 11.2 Å². The van der Waals surface area contributed by atoms with Crippen LogP contribution in [0.1, 0.15) is 41.8 Å². The van der Waals surface area contributed by atoms with Crippen LogP contribution in [0.25, 0.3) is 11.0 Å². The van der Waals surface area contributed by atoms with E-state index in [1.807, 2.05) is 13.0 Å². The predicted octanol–water partition coefficient (Wildman–Crippen LogP) is 2.25. The largest absolute Gasteiger partial charge is 0.451 e. The van der Waals surface area contributed by atoms with E-state index in [4.69, 9.17) is 9.15 Å². The Labute approximate surface area is 151 Å². The molecule has 2 aromatic rings. The van der Waals surface area contributed by atoms with Gasteiger partial charge < -0.3 is 19.2 Å². The molecule has 1 aromatic heterocycles. The number of ether oxygens (including phenoxy) is 1. The van der Waals surface area contributed by atoms with E-state index in [2.05, 4.69) is 0 Å². The van der Waals surface area contributed by atoms with Crippen LogP contribution < -0.4 is 5.43 Å². The normalized spacial score (nSPS) is 28.3. The highest BCUT2D eigenvalue weighted by molar-refractivity contribution is 5.93. The zero-order valence-electron chi connectivity index (χ0n) is 15.0. The SMILES string of the molecule is CO[C@@]12CC[C@@H](O)C[C@@H]1N(C(=O)c1cc(=O)c3ccc(C)cc3o1)CC2. The highest BCUT2D eigenvalue weighted by Crippen LogP contribution is 2.42. The number of rotatable bonds is 2. The van der Waals surface area contributed by atoms with Crippen LogP contribution in [0.2, 0.25) is 0 Å². The number of fused-ring (bicyclic) bond motifs is 2. The summed E-state index contributed by atoms with van der Waals surface area (Å²) in [6.07, 6.45) is 2.17. The topological polar surface area (TPSA) is 80.0 Å². The number of aliphatic hydroxyl groups is 1. The van der Waals surface area contributed by atoms with Crippen LogP contribution in [-0.2, 0) is 4.74 Å². The Morgan fingerprint density at radius 2 is 2.15 bits per heavy atom. The van der Waals surface area contributed by atoms with E-state index < -0.39 is 11.7 Å². The van der Waals surface area contributed by atoms with Gasteiger partial charge in [-0.05, 0) is 50.3 Å². The fourth-order valence-corrected chi connectivity index (χ4v) is 4.43. The van der Waals surface area contributed by atoms with E-state index in [0.717, 1.165) is 18.4 Å². The molecule has 0 spiro atoms. The number of amides is 1.